The van der Waals surface area contributed by atoms with Crippen LogP contribution >= 0.6 is 0 Å². The van der Waals surface area contributed by atoms with Crippen LogP contribution in [0.1, 0.15) is 18.5 Å². The largest absolute Gasteiger partial charge is 0.352 e. The van der Waals surface area contributed by atoms with Crippen LogP contribution in [0.15, 0.2) is 18.9 Å². The van der Waals surface area contributed by atoms with Gasteiger partial charge in [-0.3, -0.25) is 0 Å². The molecular weight excluding hydrogens is 224 g/mol. The number of piperidine rings is 1. The van der Waals surface area contributed by atoms with E-state index in [0.717, 1.165) is 30.6 Å². The van der Waals surface area contributed by atoms with E-state index in [9.17, 15) is 0 Å². The Morgan fingerprint density at radius 2 is 2.44 bits per heavy atom. The summed E-state index contributed by atoms with van der Waals surface area (Å²) in [5.74, 6) is 1.71. The number of hydrogen-bond acceptors (Lipinski definition) is 3. The summed E-state index contributed by atoms with van der Waals surface area (Å²) in [6, 6.07) is 0. The standard InChI is InChI=1S/C14H24N4/c1-4-7-15-14-16-12(2)9-18(14)11-13-6-5-8-17(3)10-13/h4,9,13H,1,5-8,10-11H2,2-3H3,(H,15,16). The quantitative estimate of drug-likeness (QED) is 0.810. The lowest BCUT2D eigenvalue weighted by molar-refractivity contribution is 0.195. The van der Waals surface area contributed by atoms with Gasteiger partial charge >= 0.3 is 0 Å². The van der Waals surface area contributed by atoms with Gasteiger partial charge in [0, 0.05) is 25.8 Å². The number of nitrogens with one attached hydrogen (secondary N) is 1. The lowest BCUT2D eigenvalue weighted by Gasteiger charge is -2.30. The number of rotatable bonds is 5. The minimum atomic E-state index is 0.738. The number of likely N-dealkylation sites (tertiary alicyclic amines) is 1. The van der Waals surface area contributed by atoms with Crippen LogP contribution in [0.5, 0.6) is 0 Å². The molecule has 0 aromatic carbocycles. The van der Waals surface area contributed by atoms with Gasteiger partial charge in [-0.1, -0.05) is 6.08 Å². The Kier molecular flexibility index (Phi) is 4.42. The van der Waals surface area contributed by atoms with Crippen molar-refractivity contribution in [2.24, 2.45) is 5.92 Å². The molecule has 100 valence electrons. The number of aryl methyl sites for hydroxylation is 1. The van der Waals surface area contributed by atoms with Crippen molar-refractivity contribution in [3.8, 4) is 0 Å². The van der Waals surface area contributed by atoms with Crippen molar-refractivity contribution >= 4 is 5.95 Å². The monoisotopic (exact) mass is 248 g/mol. The summed E-state index contributed by atoms with van der Waals surface area (Å²) >= 11 is 0. The first-order chi connectivity index (χ1) is 8.69. The van der Waals surface area contributed by atoms with Crippen LogP contribution in [0, 0.1) is 12.8 Å². The van der Waals surface area contributed by atoms with Crippen LogP contribution in [-0.4, -0.2) is 41.1 Å². The van der Waals surface area contributed by atoms with Crippen LogP contribution < -0.4 is 5.32 Å². The molecule has 2 heterocycles. The van der Waals surface area contributed by atoms with Gasteiger partial charge in [-0.2, -0.15) is 0 Å². The zero-order chi connectivity index (χ0) is 13.0. The number of nitrogens with zero attached hydrogens (tertiary/aromatic N) is 3. The summed E-state index contributed by atoms with van der Waals surface area (Å²) < 4.78 is 2.25. The molecule has 1 saturated heterocycles. The van der Waals surface area contributed by atoms with Gasteiger partial charge in [0.15, 0.2) is 0 Å². The lowest BCUT2D eigenvalue weighted by Crippen LogP contribution is -2.34. The molecule has 1 fully saturated rings. The van der Waals surface area contributed by atoms with E-state index in [1.807, 2.05) is 13.0 Å². The zero-order valence-electron chi connectivity index (χ0n) is 11.5. The summed E-state index contributed by atoms with van der Waals surface area (Å²) in [5.41, 5.74) is 1.07. The summed E-state index contributed by atoms with van der Waals surface area (Å²) in [6.07, 6.45) is 6.63. The van der Waals surface area contributed by atoms with Crippen molar-refractivity contribution in [1.82, 2.24) is 14.5 Å². The van der Waals surface area contributed by atoms with E-state index in [2.05, 4.69) is 39.6 Å². The Morgan fingerprint density at radius 1 is 1.61 bits per heavy atom. The first-order valence-electron chi connectivity index (χ1n) is 6.76. The number of hydrogen-bond donors (Lipinski definition) is 1. The predicted molar refractivity (Wildman–Crippen MR) is 75.9 cm³/mol. The van der Waals surface area contributed by atoms with Gasteiger partial charge in [0.2, 0.25) is 5.95 Å². The Hall–Kier alpha value is -1.29. The average Bonchev–Trinajstić information content (AvgIpc) is 2.67. The molecule has 4 heteroatoms. The fourth-order valence-electron chi connectivity index (χ4n) is 2.69. The van der Waals surface area contributed by atoms with Crippen LogP contribution in [0.2, 0.25) is 0 Å². The Balaban J connectivity index is 2.00. The highest BCUT2D eigenvalue weighted by Gasteiger charge is 2.18. The third-order valence-corrected chi connectivity index (χ3v) is 3.48. The maximum absolute atomic E-state index is 4.52. The molecule has 0 aliphatic carbocycles. The molecular formula is C14H24N4. The minimum absolute atomic E-state index is 0.738. The molecule has 0 spiro atoms. The fraction of sp³-hybridized carbons (Fsp3) is 0.643. The van der Waals surface area contributed by atoms with E-state index < -0.39 is 0 Å². The van der Waals surface area contributed by atoms with Gasteiger partial charge in [-0.05, 0) is 39.3 Å². The molecule has 1 aliphatic rings. The second-order valence-electron chi connectivity index (χ2n) is 5.30. The zero-order valence-corrected chi connectivity index (χ0v) is 11.5. The summed E-state index contributed by atoms with van der Waals surface area (Å²) in [6.45, 7) is 10.0. The Morgan fingerprint density at radius 3 is 3.17 bits per heavy atom. The second kappa shape index (κ2) is 6.05. The summed E-state index contributed by atoms with van der Waals surface area (Å²) in [7, 11) is 2.21. The maximum Gasteiger partial charge on any atom is 0.203 e. The highest BCUT2D eigenvalue weighted by atomic mass is 15.2. The molecule has 0 amide bonds. The van der Waals surface area contributed by atoms with Crippen molar-refractivity contribution in [1.29, 1.82) is 0 Å². The number of imidazole rings is 1. The normalized spacial score (nSPS) is 20.9. The summed E-state index contributed by atoms with van der Waals surface area (Å²) in [5, 5.41) is 3.30. The summed E-state index contributed by atoms with van der Waals surface area (Å²) in [4.78, 5) is 6.95. The van der Waals surface area contributed by atoms with E-state index in [1.54, 1.807) is 0 Å². The molecule has 0 bridgehead atoms. The molecule has 18 heavy (non-hydrogen) atoms. The molecule has 0 radical (unpaired) electrons. The van der Waals surface area contributed by atoms with Crippen LogP contribution in [-0.2, 0) is 6.54 Å². The topological polar surface area (TPSA) is 33.1 Å². The highest BCUT2D eigenvalue weighted by molar-refractivity contribution is 5.29. The van der Waals surface area contributed by atoms with Crippen LogP contribution in [0.3, 0.4) is 0 Å². The SMILES string of the molecule is C=CCNc1nc(C)cn1CC1CCCN(C)C1. The third-order valence-electron chi connectivity index (χ3n) is 3.48. The third kappa shape index (κ3) is 3.35. The maximum atomic E-state index is 4.52. The smallest absolute Gasteiger partial charge is 0.203 e. The predicted octanol–water partition coefficient (Wildman–Crippen LogP) is 2.13. The van der Waals surface area contributed by atoms with Crippen molar-refractivity contribution in [3.63, 3.8) is 0 Å². The molecule has 4 nitrogen and oxygen atoms in total. The van der Waals surface area contributed by atoms with E-state index in [4.69, 9.17) is 0 Å². The van der Waals surface area contributed by atoms with Crippen molar-refractivity contribution < 1.29 is 0 Å². The Labute approximate surface area is 110 Å². The molecule has 1 N–H and O–H groups in total. The average molecular weight is 248 g/mol. The molecule has 2 rings (SSSR count). The lowest BCUT2D eigenvalue weighted by atomic mass is 9.98. The van der Waals surface area contributed by atoms with Crippen LogP contribution in [0.25, 0.3) is 0 Å². The van der Waals surface area contributed by atoms with Crippen LogP contribution in [0.4, 0.5) is 5.95 Å². The van der Waals surface area contributed by atoms with E-state index >= 15 is 0 Å². The molecule has 1 unspecified atom stereocenters. The van der Waals surface area contributed by atoms with Gasteiger partial charge in [-0.15, -0.1) is 6.58 Å². The van der Waals surface area contributed by atoms with E-state index in [1.165, 1.54) is 25.9 Å². The highest BCUT2D eigenvalue weighted by Crippen LogP contribution is 2.19. The molecule has 1 atom stereocenters. The van der Waals surface area contributed by atoms with Gasteiger partial charge < -0.3 is 14.8 Å². The second-order valence-corrected chi connectivity index (χ2v) is 5.30. The van der Waals surface area contributed by atoms with Gasteiger partial charge in [0.25, 0.3) is 0 Å². The van der Waals surface area contributed by atoms with Crippen molar-refractivity contribution in [2.75, 3.05) is 32.0 Å². The number of aromatic nitrogens is 2. The molecule has 1 aromatic rings. The Bertz CT molecular complexity index is 396. The van der Waals surface area contributed by atoms with E-state index in [0.29, 0.717) is 0 Å². The molecule has 0 saturated carbocycles. The number of anilines is 1. The van der Waals surface area contributed by atoms with Crippen molar-refractivity contribution in [3.05, 3.63) is 24.5 Å². The fourth-order valence-corrected chi connectivity index (χ4v) is 2.69. The molecule has 1 aromatic heterocycles. The van der Waals surface area contributed by atoms with Crippen molar-refractivity contribution in [2.45, 2.75) is 26.3 Å². The van der Waals surface area contributed by atoms with Gasteiger partial charge in [0.1, 0.15) is 0 Å². The van der Waals surface area contributed by atoms with E-state index in [-0.39, 0.29) is 0 Å². The first kappa shape index (κ1) is 13.1. The van der Waals surface area contributed by atoms with Gasteiger partial charge in [0.05, 0.1) is 5.69 Å². The minimum Gasteiger partial charge on any atom is -0.352 e. The first-order valence-corrected chi connectivity index (χ1v) is 6.76. The van der Waals surface area contributed by atoms with Gasteiger partial charge in [-0.25, -0.2) is 4.98 Å². The molecule has 1 aliphatic heterocycles.